The van der Waals surface area contributed by atoms with Crippen LogP contribution in [0.2, 0.25) is 0 Å². The van der Waals surface area contributed by atoms with Crippen molar-refractivity contribution < 1.29 is 48.7 Å². The molecule has 12 heteroatoms. The van der Waals surface area contributed by atoms with Crippen molar-refractivity contribution in [1.29, 1.82) is 0 Å². The second kappa shape index (κ2) is 4.95. The number of carbonyl (C=O) groups is 1. The number of hydrogen-bond donors (Lipinski definition) is 0. The number of amides is 1. The molecule has 0 aliphatic rings. The second-order valence-electron chi connectivity index (χ2n) is 3.91. The van der Waals surface area contributed by atoms with Gasteiger partial charge in [-0.15, -0.1) is 0 Å². The van der Waals surface area contributed by atoms with E-state index in [1.54, 1.807) is 0 Å². The fourth-order valence-corrected chi connectivity index (χ4v) is 1.20. The van der Waals surface area contributed by atoms with E-state index in [1.165, 1.54) is 0 Å². The van der Waals surface area contributed by atoms with Gasteiger partial charge in [-0.3, -0.25) is 4.79 Å². The summed E-state index contributed by atoms with van der Waals surface area (Å²) in [6, 6.07) is 0. The van der Waals surface area contributed by atoms with E-state index < -0.39 is 36.0 Å². The number of alkyl halides is 10. The molecule has 0 spiro atoms. The molecule has 0 rings (SSSR count). The summed E-state index contributed by atoms with van der Waals surface area (Å²) >= 11 is 0. The van der Waals surface area contributed by atoms with Crippen LogP contribution in [0.5, 0.6) is 0 Å². The highest BCUT2D eigenvalue weighted by molar-refractivity contribution is 5.84. The maximum atomic E-state index is 13.0. The van der Waals surface area contributed by atoms with Crippen LogP contribution in [0.4, 0.5) is 43.9 Å². The third-order valence-corrected chi connectivity index (χ3v) is 2.11. The summed E-state index contributed by atoms with van der Waals surface area (Å²) in [4.78, 5) is 10.5. The topological polar surface area (TPSA) is 20.3 Å². The lowest BCUT2D eigenvalue weighted by atomic mass is 9.93. The normalized spacial score (nSPS) is 14.7. The van der Waals surface area contributed by atoms with Crippen molar-refractivity contribution in [2.24, 2.45) is 5.92 Å². The molecule has 120 valence electrons. The van der Waals surface area contributed by atoms with Gasteiger partial charge in [0.2, 0.25) is 5.92 Å². The highest BCUT2D eigenvalue weighted by Gasteiger charge is 2.79. The summed E-state index contributed by atoms with van der Waals surface area (Å²) in [5.74, 6) is -21.4. The van der Waals surface area contributed by atoms with Crippen LogP contribution in [0.15, 0.2) is 0 Å². The molecule has 20 heavy (non-hydrogen) atoms. The predicted molar refractivity (Wildman–Crippen MR) is 44.2 cm³/mol. The van der Waals surface area contributed by atoms with Crippen LogP contribution < -0.4 is 0 Å². The van der Waals surface area contributed by atoms with Crippen LogP contribution in [-0.2, 0) is 4.79 Å². The van der Waals surface area contributed by atoms with Gasteiger partial charge in [0.25, 0.3) is 5.91 Å². The van der Waals surface area contributed by atoms with Crippen molar-refractivity contribution >= 4 is 5.91 Å². The Hall–Kier alpha value is -1.23. The molecule has 0 aromatic carbocycles. The summed E-state index contributed by atoms with van der Waals surface area (Å²) in [7, 11) is 0.949. The molecule has 0 atom stereocenters. The second-order valence-corrected chi connectivity index (χ2v) is 3.91. The minimum atomic E-state index is -6.71. The predicted octanol–water partition coefficient (Wildman–Crippen LogP) is 3.09. The minimum absolute atomic E-state index is 0.238. The van der Waals surface area contributed by atoms with Gasteiger partial charge in [0.1, 0.15) is 0 Å². The quantitative estimate of drug-likeness (QED) is 0.731. The molecule has 0 aromatic heterocycles. The molecule has 0 bridgehead atoms. The van der Waals surface area contributed by atoms with E-state index in [9.17, 15) is 48.7 Å². The van der Waals surface area contributed by atoms with Crippen molar-refractivity contribution in [1.82, 2.24) is 4.90 Å². The highest BCUT2D eigenvalue weighted by atomic mass is 19.4. The number of halogens is 10. The molecule has 0 unspecified atom stereocenters. The number of carbonyl (C=O) groups excluding carboxylic acids is 1. The van der Waals surface area contributed by atoms with Crippen molar-refractivity contribution in [3.63, 3.8) is 0 Å². The molecule has 0 aliphatic heterocycles. The van der Waals surface area contributed by atoms with Gasteiger partial charge in [0.05, 0.1) is 0 Å². The van der Waals surface area contributed by atoms with E-state index in [0.29, 0.717) is 14.1 Å². The molecule has 0 N–H and O–H groups in total. The van der Waals surface area contributed by atoms with Gasteiger partial charge in [0.15, 0.2) is 0 Å². The monoisotopic (exact) mass is 323 g/mol. The van der Waals surface area contributed by atoms with Crippen LogP contribution in [0.25, 0.3) is 0 Å². The third-order valence-electron chi connectivity index (χ3n) is 2.11. The summed E-state index contributed by atoms with van der Waals surface area (Å²) in [6.45, 7) is 0. The molecule has 0 aliphatic carbocycles. The minimum Gasteiger partial charge on any atom is -0.343 e. The van der Waals surface area contributed by atoms with Crippen LogP contribution in [-0.4, -0.2) is 49.1 Å². The van der Waals surface area contributed by atoms with Gasteiger partial charge >= 0.3 is 24.2 Å². The maximum Gasteiger partial charge on any atom is 0.406 e. The third kappa shape index (κ3) is 3.26. The van der Waals surface area contributed by atoms with E-state index in [-0.39, 0.29) is 4.90 Å². The molecule has 0 fully saturated rings. The maximum absolute atomic E-state index is 13.0. The molecule has 0 saturated heterocycles. The lowest BCUT2D eigenvalue weighted by Gasteiger charge is -2.35. The summed E-state index contributed by atoms with van der Waals surface area (Å²) in [6.07, 6.45) is -13.4. The lowest BCUT2D eigenvalue weighted by Crippen LogP contribution is -2.62. The summed E-state index contributed by atoms with van der Waals surface area (Å²) in [5, 5.41) is 0. The van der Waals surface area contributed by atoms with Gasteiger partial charge in [-0.2, -0.15) is 43.9 Å². The summed E-state index contributed by atoms with van der Waals surface area (Å²) < 4.78 is 124. The van der Waals surface area contributed by atoms with Gasteiger partial charge in [-0.1, -0.05) is 0 Å². The smallest absolute Gasteiger partial charge is 0.343 e. The van der Waals surface area contributed by atoms with Crippen LogP contribution >= 0.6 is 0 Å². The van der Waals surface area contributed by atoms with E-state index in [4.69, 9.17) is 0 Å². The first-order chi connectivity index (χ1) is 8.47. The van der Waals surface area contributed by atoms with E-state index in [2.05, 4.69) is 0 Å². The Balaban J connectivity index is 5.97. The SMILES string of the molecule is CN(C)C(=O)C(F)(F)C(F)(F)C(C(F)(F)F)C(F)(F)F. The molecular formula is C8H7F10NO. The Morgan fingerprint density at radius 2 is 1.10 bits per heavy atom. The molecular weight excluding hydrogens is 316 g/mol. The molecule has 1 amide bonds. The number of hydrogen-bond acceptors (Lipinski definition) is 1. The Morgan fingerprint density at radius 1 is 0.800 bits per heavy atom. The summed E-state index contributed by atoms with van der Waals surface area (Å²) in [5.41, 5.74) is 0. The Kier molecular flexibility index (Phi) is 4.65. The first-order valence-electron chi connectivity index (χ1n) is 4.58. The van der Waals surface area contributed by atoms with Crippen LogP contribution in [0.3, 0.4) is 0 Å². The zero-order valence-corrected chi connectivity index (χ0v) is 9.71. The zero-order valence-electron chi connectivity index (χ0n) is 9.71. The van der Waals surface area contributed by atoms with Crippen LogP contribution in [0.1, 0.15) is 0 Å². The Morgan fingerprint density at radius 3 is 1.30 bits per heavy atom. The van der Waals surface area contributed by atoms with E-state index in [0.717, 1.165) is 0 Å². The Labute approximate surface area is 105 Å². The molecule has 0 aromatic rings. The van der Waals surface area contributed by atoms with Crippen molar-refractivity contribution in [3.8, 4) is 0 Å². The fraction of sp³-hybridized carbons (Fsp3) is 0.875. The number of nitrogens with zero attached hydrogens (tertiary/aromatic N) is 1. The first-order valence-corrected chi connectivity index (χ1v) is 4.58. The van der Waals surface area contributed by atoms with Gasteiger partial charge in [0, 0.05) is 14.1 Å². The number of rotatable bonds is 3. The van der Waals surface area contributed by atoms with Gasteiger partial charge < -0.3 is 4.90 Å². The van der Waals surface area contributed by atoms with Crippen molar-refractivity contribution in [2.45, 2.75) is 24.2 Å². The van der Waals surface area contributed by atoms with E-state index >= 15 is 0 Å². The van der Waals surface area contributed by atoms with Gasteiger partial charge in [-0.25, -0.2) is 0 Å². The highest BCUT2D eigenvalue weighted by Crippen LogP contribution is 2.53. The molecule has 2 nitrogen and oxygen atoms in total. The van der Waals surface area contributed by atoms with Crippen molar-refractivity contribution in [3.05, 3.63) is 0 Å². The fourth-order valence-electron chi connectivity index (χ4n) is 1.20. The zero-order chi connectivity index (χ0) is 16.7. The lowest BCUT2D eigenvalue weighted by molar-refractivity contribution is -0.368. The average Bonchev–Trinajstić information content (AvgIpc) is 2.09. The first kappa shape index (κ1) is 18.8. The van der Waals surface area contributed by atoms with Gasteiger partial charge in [-0.05, 0) is 0 Å². The van der Waals surface area contributed by atoms with Crippen molar-refractivity contribution in [2.75, 3.05) is 14.1 Å². The molecule has 0 saturated carbocycles. The standard InChI is InChI=1S/C8H7F10NO/c1-19(2)4(20)6(11,12)5(9,10)3(7(13,14)15)8(16,17)18/h3H,1-2H3. The van der Waals surface area contributed by atoms with E-state index in [1.807, 2.05) is 0 Å². The largest absolute Gasteiger partial charge is 0.406 e. The average molecular weight is 323 g/mol. The molecule has 0 heterocycles. The van der Waals surface area contributed by atoms with Crippen LogP contribution in [0, 0.1) is 5.92 Å². The molecule has 0 radical (unpaired) electrons. The Bertz CT molecular complexity index is 354.